The maximum absolute atomic E-state index is 12.9. The predicted octanol–water partition coefficient (Wildman–Crippen LogP) is 3.39. The van der Waals surface area contributed by atoms with Crippen molar-refractivity contribution in [1.29, 1.82) is 0 Å². The molecule has 24 heavy (non-hydrogen) atoms. The largest absolute Gasteiger partial charge is 0.493 e. The average molecular weight is 329 g/mol. The molecular formula is C20H27NO3. The highest BCUT2D eigenvalue weighted by molar-refractivity contribution is 5.79. The van der Waals surface area contributed by atoms with E-state index in [2.05, 4.69) is 5.32 Å². The topological polar surface area (TPSA) is 47.6 Å². The molecule has 1 amide bonds. The van der Waals surface area contributed by atoms with Crippen LogP contribution in [0.2, 0.25) is 0 Å². The Balaban J connectivity index is 1.44. The molecule has 0 atom stereocenters. The van der Waals surface area contributed by atoms with Gasteiger partial charge in [0.1, 0.15) is 0 Å². The minimum Gasteiger partial charge on any atom is -0.493 e. The number of nitrogens with one attached hydrogen (secondary N) is 1. The fourth-order valence-corrected chi connectivity index (χ4v) is 5.75. The molecule has 4 aliphatic rings. The normalized spacial score (nSPS) is 33.3. The van der Waals surface area contributed by atoms with Crippen LogP contribution in [-0.4, -0.2) is 20.1 Å². The lowest BCUT2D eigenvalue weighted by atomic mass is 9.51. The summed E-state index contributed by atoms with van der Waals surface area (Å²) in [5, 5.41) is 3.18. The molecule has 5 rings (SSSR count). The molecule has 4 aliphatic carbocycles. The Labute approximate surface area is 143 Å². The third-order valence-electron chi connectivity index (χ3n) is 6.47. The van der Waals surface area contributed by atoms with E-state index >= 15 is 0 Å². The maximum atomic E-state index is 12.9. The lowest BCUT2D eigenvalue weighted by Gasteiger charge is -2.53. The van der Waals surface area contributed by atoms with Crippen molar-refractivity contribution < 1.29 is 14.3 Å². The van der Waals surface area contributed by atoms with Gasteiger partial charge in [0.25, 0.3) is 0 Å². The minimum absolute atomic E-state index is 0.231. The van der Waals surface area contributed by atoms with Crippen molar-refractivity contribution in [3.05, 3.63) is 23.8 Å². The van der Waals surface area contributed by atoms with Gasteiger partial charge in [0.15, 0.2) is 11.5 Å². The molecule has 4 fully saturated rings. The Bertz CT molecular complexity index is 599. The molecule has 0 aromatic heterocycles. The number of benzene rings is 1. The number of methoxy groups -OCH3 is 2. The van der Waals surface area contributed by atoms with Gasteiger partial charge in [0.2, 0.25) is 5.91 Å². The summed E-state index contributed by atoms with van der Waals surface area (Å²) >= 11 is 0. The quantitative estimate of drug-likeness (QED) is 0.901. The van der Waals surface area contributed by atoms with E-state index in [1.807, 2.05) is 18.2 Å². The second kappa shape index (κ2) is 6.30. The first-order chi connectivity index (χ1) is 11.7. The summed E-state index contributed by atoms with van der Waals surface area (Å²) in [5.41, 5.74) is 0.967. The number of hydrogen-bond acceptors (Lipinski definition) is 3. The fraction of sp³-hybridized carbons (Fsp3) is 0.650. The minimum atomic E-state index is 0.231. The van der Waals surface area contributed by atoms with Crippen LogP contribution < -0.4 is 14.8 Å². The van der Waals surface area contributed by atoms with Crippen molar-refractivity contribution in [3.63, 3.8) is 0 Å². The Hall–Kier alpha value is -1.71. The highest BCUT2D eigenvalue weighted by Gasteiger charge is 2.50. The molecule has 0 saturated heterocycles. The maximum Gasteiger partial charge on any atom is 0.223 e. The second-order valence-corrected chi connectivity index (χ2v) is 7.83. The first kappa shape index (κ1) is 15.8. The number of ether oxygens (including phenoxy) is 2. The third kappa shape index (κ3) is 2.66. The zero-order valence-corrected chi connectivity index (χ0v) is 14.6. The van der Waals surface area contributed by atoms with Crippen LogP contribution in [0.5, 0.6) is 11.5 Å². The summed E-state index contributed by atoms with van der Waals surface area (Å²) in [6.07, 6.45) is 6.50. The van der Waals surface area contributed by atoms with E-state index in [4.69, 9.17) is 9.47 Å². The molecule has 4 nitrogen and oxygen atoms in total. The SMILES string of the molecule is COc1cccc(CNC(=O)C2C3CC4CC(C3)CC2C4)c1OC. The number of carbonyl (C=O) groups is 1. The summed E-state index contributed by atoms with van der Waals surface area (Å²) in [4.78, 5) is 12.9. The van der Waals surface area contributed by atoms with Gasteiger partial charge in [-0.3, -0.25) is 4.79 Å². The van der Waals surface area contributed by atoms with Crippen molar-refractivity contribution in [1.82, 2.24) is 5.32 Å². The summed E-state index contributed by atoms with van der Waals surface area (Å²) in [5.74, 6) is 4.93. The Morgan fingerprint density at radius 2 is 1.71 bits per heavy atom. The number of para-hydroxylation sites is 1. The smallest absolute Gasteiger partial charge is 0.223 e. The highest BCUT2D eigenvalue weighted by atomic mass is 16.5. The highest BCUT2D eigenvalue weighted by Crippen LogP contribution is 2.56. The van der Waals surface area contributed by atoms with Gasteiger partial charge in [-0.05, 0) is 61.8 Å². The monoisotopic (exact) mass is 329 g/mol. The van der Waals surface area contributed by atoms with Crippen molar-refractivity contribution >= 4 is 5.91 Å². The van der Waals surface area contributed by atoms with Crippen LogP contribution in [0.3, 0.4) is 0 Å². The molecule has 1 aromatic rings. The van der Waals surface area contributed by atoms with Crippen molar-refractivity contribution in [2.24, 2.45) is 29.6 Å². The molecule has 1 N–H and O–H groups in total. The summed E-state index contributed by atoms with van der Waals surface area (Å²) in [6, 6.07) is 5.80. The molecule has 0 aliphatic heterocycles. The molecule has 0 radical (unpaired) electrons. The summed E-state index contributed by atoms with van der Waals surface area (Å²) in [7, 11) is 3.27. The first-order valence-corrected chi connectivity index (χ1v) is 9.17. The van der Waals surface area contributed by atoms with Crippen molar-refractivity contribution in [3.8, 4) is 11.5 Å². The van der Waals surface area contributed by atoms with Gasteiger partial charge >= 0.3 is 0 Å². The number of amides is 1. The Kier molecular flexibility index (Phi) is 4.15. The van der Waals surface area contributed by atoms with Gasteiger partial charge in [-0.15, -0.1) is 0 Å². The number of rotatable bonds is 5. The van der Waals surface area contributed by atoms with E-state index in [9.17, 15) is 4.79 Å². The molecule has 130 valence electrons. The average Bonchev–Trinajstić information content (AvgIpc) is 2.58. The van der Waals surface area contributed by atoms with Crippen molar-refractivity contribution in [2.45, 2.75) is 38.6 Å². The van der Waals surface area contributed by atoms with Gasteiger partial charge in [0, 0.05) is 18.0 Å². The first-order valence-electron chi connectivity index (χ1n) is 9.17. The van der Waals surface area contributed by atoms with E-state index in [1.54, 1.807) is 14.2 Å². The second-order valence-electron chi connectivity index (χ2n) is 7.83. The molecular weight excluding hydrogens is 302 g/mol. The molecule has 1 aromatic carbocycles. The number of carbonyl (C=O) groups excluding carboxylic acids is 1. The van der Waals surface area contributed by atoms with E-state index < -0.39 is 0 Å². The van der Waals surface area contributed by atoms with Crippen LogP contribution in [0.15, 0.2) is 18.2 Å². The molecule has 4 bridgehead atoms. The van der Waals surface area contributed by atoms with Gasteiger partial charge in [-0.1, -0.05) is 12.1 Å². The molecule has 0 unspecified atom stereocenters. The molecule has 0 heterocycles. The zero-order valence-electron chi connectivity index (χ0n) is 14.6. The van der Waals surface area contributed by atoms with Crippen LogP contribution in [-0.2, 0) is 11.3 Å². The van der Waals surface area contributed by atoms with Gasteiger partial charge < -0.3 is 14.8 Å². The molecule has 4 heteroatoms. The Morgan fingerprint density at radius 3 is 2.29 bits per heavy atom. The van der Waals surface area contributed by atoms with Crippen molar-refractivity contribution in [2.75, 3.05) is 14.2 Å². The van der Waals surface area contributed by atoms with E-state index in [1.165, 1.54) is 32.1 Å². The zero-order chi connectivity index (χ0) is 16.7. The van der Waals surface area contributed by atoms with E-state index in [0.29, 0.717) is 29.9 Å². The van der Waals surface area contributed by atoms with Crippen LogP contribution in [0.25, 0.3) is 0 Å². The Morgan fingerprint density at radius 1 is 1.04 bits per heavy atom. The molecule has 4 saturated carbocycles. The van der Waals surface area contributed by atoms with Crippen LogP contribution in [0.1, 0.15) is 37.7 Å². The lowest BCUT2D eigenvalue weighted by Crippen LogP contribution is -2.50. The van der Waals surface area contributed by atoms with Gasteiger partial charge in [-0.2, -0.15) is 0 Å². The summed E-state index contributed by atoms with van der Waals surface area (Å²) in [6.45, 7) is 0.502. The lowest BCUT2D eigenvalue weighted by molar-refractivity contribution is -0.138. The summed E-state index contributed by atoms with van der Waals surface area (Å²) < 4.78 is 10.8. The number of hydrogen-bond donors (Lipinski definition) is 1. The predicted molar refractivity (Wildman–Crippen MR) is 91.9 cm³/mol. The molecule has 0 spiro atoms. The van der Waals surface area contributed by atoms with Crippen LogP contribution in [0.4, 0.5) is 0 Å². The standard InChI is InChI=1S/C20H27NO3/c1-23-17-5-3-4-14(19(17)24-2)11-21-20(22)18-15-7-12-6-13(9-15)10-16(18)8-12/h3-5,12-13,15-16,18H,6-11H2,1-2H3,(H,21,22). The third-order valence-corrected chi connectivity index (χ3v) is 6.47. The van der Waals surface area contributed by atoms with Crippen LogP contribution >= 0.6 is 0 Å². The van der Waals surface area contributed by atoms with E-state index in [-0.39, 0.29) is 11.8 Å². The van der Waals surface area contributed by atoms with Crippen LogP contribution in [0, 0.1) is 29.6 Å². The van der Waals surface area contributed by atoms with Gasteiger partial charge in [-0.25, -0.2) is 0 Å². The van der Waals surface area contributed by atoms with E-state index in [0.717, 1.165) is 17.4 Å². The fourth-order valence-electron chi connectivity index (χ4n) is 5.75. The van der Waals surface area contributed by atoms with Gasteiger partial charge in [0.05, 0.1) is 14.2 Å².